The lowest BCUT2D eigenvalue weighted by Gasteiger charge is -2.08. The molecule has 0 atom stereocenters. The zero-order valence-electron chi connectivity index (χ0n) is 12.0. The van der Waals surface area contributed by atoms with E-state index in [1.165, 1.54) is 12.1 Å². The molecule has 0 saturated heterocycles. The summed E-state index contributed by atoms with van der Waals surface area (Å²) >= 11 is 0. The average Bonchev–Trinajstić information content (AvgIpc) is 2.45. The second-order valence-corrected chi connectivity index (χ2v) is 6.92. The Kier molecular flexibility index (Phi) is 4.43. The number of sulfone groups is 1. The number of hydrogen-bond acceptors (Lipinski definition) is 3. The Labute approximate surface area is 124 Å². The Bertz CT molecular complexity index is 767. The molecular weight excluding hydrogens is 286 g/mol. The minimum Gasteiger partial charge on any atom is -0.348 e. The van der Waals surface area contributed by atoms with Crippen molar-refractivity contribution < 1.29 is 13.2 Å². The van der Waals surface area contributed by atoms with Gasteiger partial charge in [0.2, 0.25) is 0 Å². The highest BCUT2D eigenvalue weighted by Crippen LogP contribution is 2.12. The fourth-order valence-corrected chi connectivity index (χ4v) is 2.62. The Hall–Kier alpha value is -2.14. The second-order valence-electron chi connectivity index (χ2n) is 4.91. The van der Waals surface area contributed by atoms with Crippen LogP contribution in [0.25, 0.3) is 0 Å². The van der Waals surface area contributed by atoms with E-state index in [4.69, 9.17) is 0 Å². The van der Waals surface area contributed by atoms with Gasteiger partial charge in [0.05, 0.1) is 4.90 Å². The van der Waals surface area contributed by atoms with E-state index in [1.54, 1.807) is 12.1 Å². The van der Waals surface area contributed by atoms with Gasteiger partial charge in [-0.05, 0) is 36.2 Å². The van der Waals surface area contributed by atoms with Crippen LogP contribution in [0.1, 0.15) is 21.5 Å². The lowest BCUT2D eigenvalue weighted by Crippen LogP contribution is -2.23. The van der Waals surface area contributed by atoms with Crippen molar-refractivity contribution in [3.63, 3.8) is 0 Å². The van der Waals surface area contributed by atoms with Gasteiger partial charge in [-0.3, -0.25) is 4.79 Å². The number of amides is 1. The quantitative estimate of drug-likeness (QED) is 0.943. The predicted molar refractivity (Wildman–Crippen MR) is 81.9 cm³/mol. The number of carbonyl (C=O) groups is 1. The van der Waals surface area contributed by atoms with Crippen molar-refractivity contribution in [2.75, 3.05) is 6.26 Å². The Balaban J connectivity index is 2.13. The van der Waals surface area contributed by atoms with Crippen LogP contribution in [0.4, 0.5) is 0 Å². The number of benzene rings is 2. The molecule has 4 nitrogen and oxygen atoms in total. The van der Waals surface area contributed by atoms with E-state index in [9.17, 15) is 13.2 Å². The van der Waals surface area contributed by atoms with Crippen molar-refractivity contribution in [2.24, 2.45) is 0 Å². The SMILES string of the molecule is Cc1ccccc1CNC(=O)c1cccc(S(C)(=O)=O)c1. The van der Waals surface area contributed by atoms with Crippen LogP contribution in [-0.4, -0.2) is 20.6 Å². The van der Waals surface area contributed by atoms with Crippen LogP contribution in [-0.2, 0) is 16.4 Å². The first kappa shape index (κ1) is 15.3. The Morgan fingerprint density at radius 2 is 1.81 bits per heavy atom. The first-order valence-corrected chi connectivity index (χ1v) is 8.40. The summed E-state index contributed by atoms with van der Waals surface area (Å²) in [6.45, 7) is 2.39. The third-order valence-corrected chi connectivity index (χ3v) is 4.34. The minimum absolute atomic E-state index is 0.144. The lowest BCUT2D eigenvalue weighted by atomic mass is 10.1. The van der Waals surface area contributed by atoms with Gasteiger partial charge in [0.1, 0.15) is 0 Å². The van der Waals surface area contributed by atoms with Gasteiger partial charge in [-0.2, -0.15) is 0 Å². The standard InChI is InChI=1S/C16H17NO3S/c1-12-6-3-4-7-14(12)11-17-16(18)13-8-5-9-15(10-13)21(2,19)20/h3-10H,11H2,1-2H3,(H,17,18). The third-order valence-electron chi connectivity index (χ3n) is 3.23. The molecule has 2 rings (SSSR count). The largest absolute Gasteiger partial charge is 0.348 e. The number of nitrogens with one attached hydrogen (secondary N) is 1. The van der Waals surface area contributed by atoms with Crippen LogP contribution < -0.4 is 5.32 Å². The van der Waals surface area contributed by atoms with E-state index < -0.39 is 9.84 Å². The molecule has 110 valence electrons. The van der Waals surface area contributed by atoms with Gasteiger partial charge in [-0.1, -0.05) is 30.3 Å². The summed E-state index contributed by atoms with van der Waals surface area (Å²) in [6, 6.07) is 13.8. The highest BCUT2D eigenvalue weighted by Gasteiger charge is 2.11. The van der Waals surface area contributed by atoms with Crippen molar-refractivity contribution in [1.82, 2.24) is 5.32 Å². The van der Waals surface area contributed by atoms with Crippen LogP contribution in [0.5, 0.6) is 0 Å². The van der Waals surface area contributed by atoms with Gasteiger partial charge in [-0.25, -0.2) is 8.42 Å². The van der Waals surface area contributed by atoms with Gasteiger partial charge >= 0.3 is 0 Å². The monoisotopic (exact) mass is 303 g/mol. The number of hydrogen-bond donors (Lipinski definition) is 1. The van der Waals surface area contributed by atoms with Crippen LogP contribution in [0, 0.1) is 6.92 Å². The molecule has 1 amide bonds. The maximum Gasteiger partial charge on any atom is 0.251 e. The number of carbonyl (C=O) groups excluding carboxylic acids is 1. The second kappa shape index (κ2) is 6.10. The van der Waals surface area contributed by atoms with Crippen molar-refractivity contribution in [1.29, 1.82) is 0 Å². The molecule has 0 aliphatic carbocycles. The van der Waals surface area contributed by atoms with E-state index in [1.807, 2.05) is 31.2 Å². The van der Waals surface area contributed by atoms with E-state index in [0.717, 1.165) is 17.4 Å². The fraction of sp³-hybridized carbons (Fsp3) is 0.188. The van der Waals surface area contributed by atoms with Crippen LogP contribution in [0.3, 0.4) is 0 Å². The van der Waals surface area contributed by atoms with Gasteiger partial charge in [0, 0.05) is 18.4 Å². The Morgan fingerprint density at radius 1 is 1.10 bits per heavy atom. The van der Waals surface area contributed by atoms with Crippen LogP contribution >= 0.6 is 0 Å². The molecule has 0 aromatic heterocycles. The van der Waals surface area contributed by atoms with Gasteiger partial charge < -0.3 is 5.32 Å². The summed E-state index contributed by atoms with van der Waals surface area (Å²) in [5.74, 6) is -0.288. The highest BCUT2D eigenvalue weighted by molar-refractivity contribution is 7.90. The minimum atomic E-state index is -3.31. The molecular formula is C16H17NO3S. The summed E-state index contributed by atoms with van der Waals surface area (Å²) < 4.78 is 23.0. The van der Waals surface area contributed by atoms with Crippen molar-refractivity contribution in [2.45, 2.75) is 18.4 Å². The molecule has 2 aromatic rings. The Morgan fingerprint density at radius 3 is 2.48 bits per heavy atom. The van der Waals surface area contributed by atoms with Crippen molar-refractivity contribution in [3.8, 4) is 0 Å². The first-order valence-electron chi connectivity index (χ1n) is 6.51. The zero-order valence-corrected chi connectivity index (χ0v) is 12.8. The summed E-state index contributed by atoms with van der Waals surface area (Å²) in [7, 11) is -3.31. The molecule has 0 saturated carbocycles. The molecule has 0 aliphatic heterocycles. The molecule has 5 heteroatoms. The van der Waals surface area contributed by atoms with Gasteiger partial charge in [0.15, 0.2) is 9.84 Å². The molecule has 1 N–H and O–H groups in total. The van der Waals surface area contributed by atoms with Crippen LogP contribution in [0.2, 0.25) is 0 Å². The molecule has 0 fully saturated rings. The number of rotatable bonds is 4. The third kappa shape index (κ3) is 3.92. The lowest BCUT2D eigenvalue weighted by molar-refractivity contribution is 0.0950. The molecule has 21 heavy (non-hydrogen) atoms. The fourth-order valence-electron chi connectivity index (χ4n) is 1.95. The maximum atomic E-state index is 12.1. The smallest absolute Gasteiger partial charge is 0.251 e. The maximum absolute atomic E-state index is 12.1. The highest BCUT2D eigenvalue weighted by atomic mass is 32.2. The van der Waals surface area contributed by atoms with E-state index in [2.05, 4.69) is 5.32 Å². The van der Waals surface area contributed by atoms with E-state index in [-0.39, 0.29) is 10.8 Å². The summed E-state index contributed by atoms with van der Waals surface area (Å²) in [4.78, 5) is 12.2. The van der Waals surface area contributed by atoms with E-state index >= 15 is 0 Å². The molecule has 0 heterocycles. The van der Waals surface area contributed by atoms with Gasteiger partial charge in [0.25, 0.3) is 5.91 Å². The molecule has 0 bridgehead atoms. The summed E-state index contributed by atoms with van der Waals surface area (Å²) in [5, 5.41) is 2.80. The van der Waals surface area contributed by atoms with Crippen LogP contribution in [0.15, 0.2) is 53.4 Å². The molecule has 2 aromatic carbocycles. The normalized spacial score (nSPS) is 11.1. The van der Waals surface area contributed by atoms with Crippen molar-refractivity contribution >= 4 is 15.7 Å². The van der Waals surface area contributed by atoms with Gasteiger partial charge in [-0.15, -0.1) is 0 Å². The molecule has 0 spiro atoms. The first-order chi connectivity index (χ1) is 9.88. The average molecular weight is 303 g/mol. The molecule has 0 radical (unpaired) electrons. The molecule has 0 unspecified atom stereocenters. The number of aryl methyl sites for hydroxylation is 1. The summed E-state index contributed by atoms with van der Waals surface area (Å²) in [6.07, 6.45) is 1.12. The topological polar surface area (TPSA) is 63.2 Å². The summed E-state index contributed by atoms with van der Waals surface area (Å²) in [5.41, 5.74) is 2.47. The van der Waals surface area contributed by atoms with Crippen molar-refractivity contribution in [3.05, 3.63) is 65.2 Å². The predicted octanol–water partition coefficient (Wildman–Crippen LogP) is 2.33. The zero-order chi connectivity index (χ0) is 15.5. The molecule has 0 aliphatic rings. The van der Waals surface area contributed by atoms with E-state index in [0.29, 0.717) is 12.1 Å².